The van der Waals surface area contributed by atoms with Crippen LogP contribution in [-0.2, 0) is 4.79 Å². The van der Waals surface area contributed by atoms with Gasteiger partial charge in [-0.25, -0.2) is 0 Å². The molecule has 1 amide bonds. The molecule has 0 saturated heterocycles. The Labute approximate surface area is 141 Å². The van der Waals surface area contributed by atoms with Crippen LogP contribution in [0.5, 0.6) is 5.75 Å². The van der Waals surface area contributed by atoms with E-state index in [0.717, 1.165) is 17.1 Å². The van der Waals surface area contributed by atoms with E-state index in [1.807, 2.05) is 19.1 Å². The molecule has 124 valence electrons. The van der Waals surface area contributed by atoms with Gasteiger partial charge in [0.2, 0.25) is 5.91 Å². The van der Waals surface area contributed by atoms with Gasteiger partial charge in [-0.3, -0.25) is 9.59 Å². The number of ketones is 1. The number of methoxy groups -OCH3 is 1. The summed E-state index contributed by atoms with van der Waals surface area (Å²) in [6, 6.07) is 14.2. The predicted molar refractivity (Wildman–Crippen MR) is 95.4 cm³/mol. The van der Waals surface area contributed by atoms with E-state index in [-0.39, 0.29) is 11.7 Å². The van der Waals surface area contributed by atoms with Crippen LogP contribution in [-0.4, -0.2) is 18.8 Å². The van der Waals surface area contributed by atoms with E-state index in [9.17, 15) is 9.59 Å². The number of carbonyl (C=O) groups is 2. The Hall–Kier alpha value is -3.08. The first-order valence-electron chi connectivity index (χ1n) is 7.49. The van der Waals surface area contributed by atoms with Gasteiger partial charge >= 0.3 is 0 Å². The van der Waals surface area contributed by atoms with E-state index in [1.165, 1.54) is 6.92 Å². The Bertz CT molecular complexity index is 747. The molecule has 24 heavy (non-hydrogen) atoms. The van der Waals surface area contributed by atoms with Gasteiger partial charge in [0.25, 0.3) is 0 Å². The largest absolute Gasteiger partial charge is 0.497 e. The Morgan fingerprint density at radius 3 is 1.92 bits per heavy atom. The van der Waals surface area contributed by atoms with Crippen molar-refractivity contribution in [3.8, 4) is 5.75 Å². The fraction of sp³-hybridized carbons (Fsp3) is 0.158. The third-order valence-corrected chi connectivity index (χ3v) is 3.27. The Morgan fingerprint density at radius 2 is 1.42 bits per heavy atom. The molecule has 0 saturated carbocycles. The summed E-state index contributed by atoms with van der Waals surface area (Å²) >= 11 is 0. The van der Waals surface area contributed by atoms with Crippen LogP contribution in [0.4, 0.5) is 11.4 Å². The predicted octanol–water partition coefficient (Wildman–Crippen LogP) is 3.85. The van der Waals surface area contributed by atoms with Crippen LogP contribution in [0.15, 0.2) is 60.3 Å². The molecule has 5 nitrogen and oxygen atoms in total. The third kappa shape index (κ3) is 4.98. The Balaban J connectivity index is 2.02. The average molecular weight is 324 g/mol. The summed E-state index contributed by atoms with van der Waals surface area (Å²) in [5.74, 6) is 0.513. The van der Waals surface area contributed by atoms with Crippen LogP contribution in [0.25, 0.3) is 0 Å². The maximum atomic E-state index is 12.2. The topological polar surface area (TPSA) is 67.4 Å². The molecule has 0 radical (unpaired) electrons. The zero-order valence-electron chi connectivity index (χ0n) is 13.9. The summed E-state index contributed by atoms with van der Waals surface area (Å²) in [7, 11) is 1.59. The molecule has 0 heterocycles. The van der Waals surface area contributed by atoms with Crippen molar-refractivity contribution in [1.29, 1.82) is 0 Å². The first-order valence-corrected chi connectivity index (χ1v) is 7.49. The molecule has 5 heteroatoms. The zero-order chi connectivity index (χ0) is 17.5. The van der Waals surface area contributed by atoms with Gasteiger partial charge in [-0.2, -0.15) is 0 Å². The molecule has 0 aromatic heterocycles. The Morgan fingerprint density at radius 1 is 0.875 bits per heavy atom. The first kappa shape index (κ1) is 17.3. The quantitative estimate of drug-likeness (QED) is 0.625. The molecule has 0 aliphatic rings. The number of nitrogens with one attached hydrogen (secondary N) is 2. The second-order valence-electron chi connectivity index (χ2n) is 5.30. The van der Waals surface area contributed by atoms with Crippen molar-refractivity contribution in [2.24, 2.45) is 0 Å². The van der Waals surface area contributed by atoms with Gasteiger partial charge < -0.3 is 15.4 Å². The second-order valence-corrected chi connectivity index (χ2v) is 5.30. The molecule has 2 rings (SSSR count). The van der Waals surface area contributed by atoms with Crippen LogP contribution < -0.4 is 15.4 Å². The number of hydrogen-bond acceptors (Lipinski definition) is 4. The molecule has 0 unspecified atom stereocenters. The molecule has 2 aromatic carbocycles. The van der Waals surface area contributed by atoms with E-state index in [4.69, 9.17) is 4.74 Å². The summed E-state index contributed by atoms with van der Waals surface area (Å²) in [6.07, 6.45) is 1.55. The normalized spacial score (nSPS) is 10.9. The van der Waals surface area contributed by atoms with Gasteiger partial charge in [0.1, 0.15) is 5.75 Å². The minimum absolute atomic E-state index is 0.0856. The van der Waals surface area contributed by atoms with Gasteiger partial charge in [-0.1, -0.05) is 0 Å². The second kappa shape index (κ2) is 7.97. The minimum atomic E-state index is -0.114. The van der Waals surface area contributed by atoms with Crippen LogP contribution in [0.2, 0.25) is 0 Å². The van der Waals surface area contributed by atoms with Crippen LogP contribution in [0.1, 0.15) is 24.2 Å². The smallest absolute Gasteiger partial charge is 0.221 e. The molecule has 2 aromatic rings. The third-order valence-electron chi connectivity index (χ3n) is 3.27. The van der Waals surface area contributed by atoms with Crippen molar-refractivity contribution >= 4 is 23.1 Å². The van der Waals surface area contributed by atoms with Gasteiger partial charge in [-0.15, -0.1) is 0 Å². The first-order chi connectivity index (χ1) is 11.5. The van der Waals surface area contributed by atoms with Crippen molar-refractivity contribution in [1.82, 2.24) is 0 Å². The van der Waals surface area contributed by atoms with E-state index < -0.39 is 0 Å². The lowest BCUT2D eigenvalue weighted by Crippen LogP contribution is -2.05. The standard InChI is InChI=1S/C19H20N2O3/c1-13(12-19(23)15-4-10-18(24-3)11-5-15)20-16-6-8-17(9-7-16)21-14(2)22/h4-12,20H,1-3H3,(H,21,22). The summed E-state index contributed by atoms with van der Waals surface area (Å²) in [5, 5.41) is 5.85. The number of ether oxygens (including phenoxy) is 1. The number of anilines is 2. The van der Waals surface area contributed by atoms with E-state index >= 15 is 0 Å². The van der Waals surface area contributed by atoms with Gasteiger partial charge in [0, 0.05) is 35.6 Å². The highest BCUT2D eigenvalue weighted by Gasteiger charge is 2.04. The summed E-state index contributed by atoms with van der Waals surface area (Å²) in [4.78, 5) is 23.2. The number of amides is 1. The lowest BCUT2D eigenvalue weighted by atomic mass is 10.1. The van der Waals surface area contributed by atoms with Crippen molar-refractivity contribution in [3.63, 3.8) is 0 Å². The maximum absolute atomic E-state index is 12.2. The lowest BCUT2D eigenvalue weighted by molar-refractivity contribution is -0.114. The van der Waals surface area contributed by atoms with Gasteiger partial charge in [0.15, 0.2) is 5.78 Å². The summed E-state index contributed by atoms with van der Waals surface area (Å²) in [5.41, 5.74) is 2.88. The summed E-state index contributed by atoms with van der Waals surface area (Å²) in [6.45, 7) is 3.28. The van der Waals surface area contributed by atoms with Crippen molar-refractivity contribution < 1.29 is 14.3 Å². The molecule has 0 fully saturated rings. The fourth-order valence-electron chi connectivity index (χ4n) is 2.14. The van der Waals surface area contributed by atoms with E-state index in [0.29, 0.717) is 11.3 Å². The number of allylic oxidation sites excluding steroid dienone is 2. The summed E-state index contributed by atoms with van der Waals surface area (Å²) < 4.78 is 5.08. The highest BCUT2D eigenvalue weighted by Crippen LogP contribution is 2.16. The fourth-order valence-corrected chi connectivity index (χ4v) is 2.14. The van der Waals surface area contributed by atoms with Crippen LogP contribution in [0, 0.1) is 0 Å². The van der Waals surface area contributed by atoms with Gasteiger partial charge in [0.05, 0.1) is 7.11 Å². The van der Waals surface area contributed by atoms with Crippen LogP contribution in [0.3, 0.4) is 0 Å². The number of benzene rings is 2. The average Bonchev–Trinajstić information content (AvgIpc) is 2.56. The van der Waals surface area contributed by atoms with E-state index in [2.05, 4.69) is 10.6 Å². The monoisotopic (exact) mass is 324 g/mol. The number of hydrogen-bond donors (Lipinski definition) is 2. The molecule has 0 aliphatic heterocycles. The molecule has 0 spiro atoms. The molecule has 2 N–H and O–H groups in total. The van der Waals surface area contributed by atoms with E-state index in [1.54, 1.807) is 49.6 Å². The van der Waals surface area contributed by atoms with Crippen LogP contribution >= 0.6 is 0 Å². The van der Waals surface area contributed by atoms with Crippen molar-refractivity contribution in [2.75, 3.05) is 17.7 Å². The highest BCUT2D eigenvalue weighted by atomic mass is 16.5. The molecular weight excluding hydrogens is 304 g/mol. The molecule has 0 aliphatic carbocycles. The van der Waals surface area contributed by atoms with Gasteiger partial charge in [-0.05, 0) is 55.5 Å². The minimum Gasteiger partial charge on any atom is -0.497 e. The lowest BCUT2D eigenvalue weighted by Gasteiger charge is -2.08. The molecule has 0 atom stereocenters. The highest BCUT2D eigenvalue weighted by molar-refractivity contribution is 6.05. The Kier molecular flexibility index (Phi) is 5.73. The van der Waals surface area contributed by atoms with Crippen molar-refractivity contribution in [2.45, 2.75) is 13.8 Å². The molecular formula is C19H20N2O3. The maximum Gasteiger partial charge on any atom is 0.221 e. The molecule has 0 bridgehead atoms. The SMILES string of the molecule is COc1ccc(C(=O)C=C(C)Nc2ccc(NC(C)=O)cc2)cc1. The zero-order valence-corrected chi connectivity index (χ0v) is 13.9. The number of carbonyl (C=O) groups excluding carboxylic acids is 2. The van der Waals surface area contributed by atoms with Crippen molar-refractivity contribution in [3.05, 3.63) is 65.9 Å². The number of rotatable bonds is 6.